The van der Waals surface area contributed by atoms with E-state index in [2.05, 4.69) is 51.7 Å². The second-order valence-corrected chi connectivity index (χ2v) is 7.20. The zero-order valence-corrected chi connectivity index (χ0v) is 14.7. The molecule has 1 atom stereocenters. The molecule has 2 rings (SSSR count). The van der Waals surface area contributed by atoms with Crippen molar-refractivity contribution in [2.75, 3.05) is 6.54 Å². The Kier molecular flexibility index (Phi) is 6.56. The molecule has 0 aliphatic rings. The van der Waals surface area contributed by atoms with Crippen molar-refractivity contribution < 1.29 is 0 Å². The van der Waals surface area contributed by atoms with E-state index in [1.807, 2.05) is 12.1 Å². The third-order valence-corrected chi connectivity index (χ3v) is 5.27. The van der Waals surface area contributed by atoms with Gasteiger partial charge in [0.05, 0.1) is 0 Å². The van der Waals surface area contributed by atoms with Crippen molar-refractivity contribution in [1.82, 2.24) is 5.32 Å². The monoisotopic (exact) mass is 371 g/mol. The Morgan fingerprint density at radius 2 is 2.10 bits per heavy atom. The molecule has 0 amide bonds. The lowest BCUT2D eigenvalue weighted by molar-refractivity contribution is 0.507. The van der Waals surface area contributed by atoms with E-state index in [-0.39, 0.29) is 0 Å². The van der Waals surface area contributed by atoms with Crippen LogP contribution in [0.5, 0.6) is 0 Å². The van der Waals surface area contributed by atoms with Crippen LogP contribution in [-0.4, -0.2) is 12.6 Å². The van der Waals surface area contributed by atoms with Crippen LogP contribution in [0, 0.1) is 0 Å². The molecule has 0 saturated carbocycles. The smallest absolute Gasteiger partial charge is 0.0438 e. The number of rotatable bonds is 7. The predicted molar refractivity (Wildman–Crippen MR) is 93.0 cm³/mol. The molecule has 1 heterocycles. The fourth-order valence-corrected chi connectivity index (χ4v) is 3.94. The molecule has 1 N–H and O–H groups in total. The SMILES string of the molecule is CCCNC(Cc1cc(Br)cs1)Cc1ccccc1Cl. The van der Waals surface area contributed by atoms with Crippen LogP contribution in [0.3, 0.4) is 0 Å². The lowest BCUT2D eigenvalue weighted by Gasteiger charge is -2.18. The molecule has 108 valence electrons. The maximum absolute atomic E-state index is 6.28. The first-order valence-corrected chi connectivity index (χ1v) is 8.93. The van der Waals surface area contributed by atoms with Crippen molar-refractivity contribution in [3.8, 4) is 0 Å². The number of nitrogens with one attached hydrogen (secondary N) is 1. The molecule has 0 saturated heterocycles. The second kappa shape index (κ2) is 8.18. The molecule has 1 nitrogen and oxygen atoms in total. The minimum Gasteiger partial charge on any atom is -0.313 e. The highest BCUT2D eigenvalue weighted by Gasteiger charge is 2.13. The van der Waals surface area contributed by atoms with Crippen molar-refractivity contribution in [3.05, 3.63) is 55.6 Å². The summed E-state index contributed by atoms with van der Waals surface area (Å²) in [6, 6.07) is 10.8. The Hall–Kier alpha value is -0.350. The second-order valence-electron chi connectivity index (χ2n) is 4.88. The highest BCUT2D eigenvalue weighted by Crippen LogP contribution is 2.23. The Balaban J connectivity index is 2.05. The Morgan fingerprint density at radius 3 is 2.75 bits per heavy atom. The van der Waals surface area contributed by atoms with Crippen molar-refractivity contribution in [2.24, 2.45) is 0 Å². The van der Waals surface area contributed by atoms with Crippen LogP contribution < -0.4 is 5.32 Å². The van der Waals surface area contributed by atoms with Gasteiger partial charge in [-0.2, -0.15) is 0 Å². The van der Waals surface area contributed by atoms with E-state index < -0.39 is 0 Å². The van der Waals surface area contributed by atoms with Gasteiger partial charge in [0, 0.05) is 25.8 Å². The van der Waals surface area contributed by atoms with Crippen molar-refractivity contribution >= 4 is 38.9 Å². The first kappa shape index (κ1) is 16.0. The number of hydrogen-bond donors (Lipinski definition) is 1. The largest absolute Gasteiger partial charge is 0.313 e. The third kappa shape index (κ3) is 4.88. The molecule has 0 aliphatic heterocycles. The van der Waals surface area contributed by atoms with Gasteiger partial charge in [-0.05, 0) is 59.4 Å². The van der Waals surface area contributed by atoms with Gasteiger partial charge < -0.3 is 5.32 Å². The normalized spacial score (nSPS) is 12.6. The van der Waals surface area contributed by atoms with E-state index in [9.17, 15) is 0 Å². The molecule has 0 fully saturated rings. The van der Waals surface area contributed by atoms with Gasteiger partial charge in [0.15, 0.2) is 0 Å². The summed E-state index contributed by atoms with van der Waals surface area (Å²) in [5.41, 5.74) is 1.22. The fourth-order valence-electron chi connectivity index (χ4n) is 2.20. The van der Waals surface area contributed by atoms with E-state index in [4.69, 9.17) is 11.6 Å². The van der Waals surface area contributed by atoms with Crippen LogP contribution in [-0.2, 0) is 12.8 Å². The lowest BCUT2D eigenvalue weighted by atomic mass is 10.0. The molecule has 0 radical (unpaired) electrons. The minimum atomic E-state index is 0.431. The van der Waals surface area contributed by atoms with Crippen LogP contribution in [0.4, 0.5) is 0 Å². The van der Waals surface area contributed by atoms with Crippen LogP contribution in [0.1, 0.15) is 23.8 Å². The zero-order chi connectivity index (χ0) is 14.4. The lowest BCUT2D eigenvalue weighted by Crippen LogP contribution is -2.33. The first-order valence-electron chi connectivity index (χ1n) is 6.88. The van der Waals surface area contributed by atoms with E-state index >= 15 is 0 Å². The van der Waals surface area contributed by atoms with E-state index in [1.54, 1.807) is 11.3 Å². The molecule has 1 aromatic heterocycles. The van der Waals surface area contributed by atoms with Gasteiger partial charge in [0.1, 0.15) is 0 Å². The number of thiophene rings is 1. The molecular weight excluding hydrogens is 354 g/mol. The molecule has 0 bridgehead atoms. The highest BCUT2D eigenvalue weighted by atomic mass is 79.9. The van der Waals surface area contributed by atoms with Gasteiger partial charge in [0.25, 0.3) is 0 Å². The van der Waals surface area contributed by atoms with Crippen LogP contribution in [0.2, 0.25) is 5.02 Å². The summed E-state index contributed by atoms with van der Waals surface area (Å²) >= 11 is 11.6. The molecule has 0 spiro atoms. The molecule has 4 heteroatoms. The quantitative estimate of drug-likeness (QED) is 0.694. The van der Waals surface area contributed by atoms with Gasteiger partial charge in [-0.3, -0.25) is 0 Å². The van der Waals surface area contributed by atoms with Gasteiger partial charge in [-0.15, -0.1) is 11.3 Å². The molecule has 20 heavy (non-hydrogen) atoms. The summed E-state index contributed by atoms with van der Waals surface area (Å²) in [7, 11) is 0. The summed E-state index contributed by atoms with van der Waals surface area (Å²) in [5.74, 6) is 0. The molecule has 2 aromatic rings. The van der Waals surface area contributed by atoms with E-state index in [1.165, 1.54) is 14.9 Å². The average Bonchev–Trinajstić information content (AvgIpc) is 2.84. The highest BCUT2D eigenvalue weighted by molar-refractivity contribution is 9.10. The maximum atomic E-state index is 6.28. The number of benzene rings is 1. The summed E-state index contributed by atoms with van der Waals surface area (Å²) in [6.07, 6.45) is 3.16. The topological polar surface area (TPSA) is 12.0 Å². The summed E-state index contributed by atoms with van der Waals surface area (Å²) in [5, 5.41) is 6.64. The van der Waals surface area contributed by atoms with Crippen molar-refractivity contribution in [3.63, 3.8) is 0 Å². The summed E-state index contributed by atoms with van der Waals surface area (Å²) < 4.78 is 1.17. The van der Waals surface area contributed by atoms with Crippen LogP contribution >= 0.6 is 38.9 Å². The van der Waals surface area contributed by atoms with Gasteiger partial charge in [-0.1, -0.05) is 36.7 Å². The molecule has 0 aliphatic carbocycles. The van der Waals surface area contributed by atoms with Gasteiger partial charge >= 0.3 is 0 Å². The zero-order valence-electron chi connectivity index (χ0n) is 11.5. The van der Waals surface area contributed by atoms with Crippen LogP contribution in [0.25, 0.3) is 0 Å². The maximum Gasteiger partial charge on any atom is 0.0438 e. The Morgan fingerprint density at radius 1 is 1.30 bits per heavy atom. The van der Waals surface area contributed by atoms with E-state index in [0.29, 0.717) is 6.04 Å². The van der Waals surface area contributed by atoms with Crippen molar-refractivity contribution in [2.45, 2.75) is 32.2 Å². The van der Waals surface area contributed by atoms with E-state index in [0.717, 1.165) is 30.8 Å². The van der Waals surface area contributed by atoms with Gasteiger partial charge in [0.2, 0.25) is 0 Å². The molecule has 1 aromatic carbocycles. The summed E-state index contributed by atoms with van der Waals surface area (Å²) in [6.45, 7) is 3.24. The van der Waals surface area contributed by atoms with Crippen molar-refractivity contribution in [1.29, 1.82) is 0 Å². The first-order chi connectivity index (χ1) is 9.69. The Labute approximate surface area is 138 Å². The fraction of sp³-hybridized carbons (Fsp3) is 0.375. The average molecular weight is 373 g/mol. The van der Waals surface area contributed by atoms with Gasteiger partial charge in [-0.25, -0.2) is 0 Å². The standard InChI is InChI=1S/C16H19BrClNS/c1-2-7-19-14(10-15-9-13(17)11-20-15)8-12-5-3-4-6-16(12)18/h3-6,9,11,14,19H,2,7-8,10H2,1H3. The summed E-state index contributed by atoms with van der Waals surface area (Å²) in [4.78, 5) is 1.40. The molecule has 1 unspecified atom stereocenters. The number of hydrogen-bond acceptors (Lipinski definition) is 2. The Bertz CT molecular complexity index is 541. The number of halogens is 2. The third-order valence-electron chi connectivity index (χ3n) is 3.18. The van der Waals surface area contributed by atoms with Crippen LogP contribution in [0.15, 0.2) is 40.2 Å². The minimum absolute atomic E-state index is 0.431. The molecular formula is C16H19BrClNS. The predicted octanol–water partition coefficient (Wildman–Crippen LogP) is 5.32.